The highest BCUT2D eigenvalue weighted by molar-refractivity contribution is 7.13. The first-order valence-corrected chi connectivity index (χ1v) is 7.92. The average Bonchev–Trinajstić information content (AvgIpc) is 2.92. The molecule has 5 nitrogen and oxygen atoms in total. The second kappa shape index (κ2) is 6.79. The summed E-state index contributed by atoms with van der Waals surface area (Å²) < 4.78 is 5.16. The fourth-order valence-electron chi connectivity index (χ4n) is 1.84. The number of rotatable bonds is 4. The minimum absolute atomic E-state index is 0.0933. The molecule has 1 aromatic carbocycles. The lowest BCUT2D eigenvalue weighted by molar-refractivity contribution is 0.415. The molecule has 0 spiro atoms. The van der Waals surface area contributed by atoms with Crippen LogP contribution in [0.4, 0.5) is 0 Å². The predicted molar refractivity (Wildman–Crippen MR) is 92.3 cm³/mol. The summed E-state index contributed by atoms with van der Waals surface area (Å²) in [6.07, 6.45) is 0. The number of nitrogens with one attached hydrogen (secondary N) is 1. The molecule has 0 aliphatic heterocycles. The highest BCUT2D eigenvalue weighted by atomic mass is 32.1. The van der Waals surface area contributed by atoms with Crippen LogP contribution in [0.3, 0.4) is 0 Å². The van der Waals surface area contributed by atoms with Crippen LogP contribution in [-0.4, -0.2) is 23.6 Å². The maximum atomic E-state index is 5.86. The summed E-state index contributed by atoms with van der Waals surface area (Å²) in [5, 5.41) is 6.11. The van der Waals surface area contributed by atoms with Crippen LogP contribution in [-0.2, 0) is 6.54 Å². The van der Waals surface area contributed by atoms with Crippen molar-refractivity contribution in [3.63, 3.8) is 0 Å². The van der Waals surface area contributed by atoms with Crippen molar-refractivity contribution in [3.8, 4) is 16.3 Å². The van der Waals surface area contributed by atoms with E-state index >= 15 is 0 Å². The van der Waals surface area contributed by atoms with Crippen LogP contribution in [0.25, 0.3) is 10.6 Å². The van der Waals surface area contributed by atoms with Gasteiger partial charge in [-0.2, -0.15) is 0 Å². The van der Waals surface area contributed by atoms with Crippen molar-refractivity contribution < 1.29 is 4.74 Å². The Morgan fingerprint density at radius 1 is 1.32 bits per heavy atom. The van der Waals surface area contributed by atoms with Crippen LogP contribution >= 0.6 is 11.3 Å². The van der Waals surface area contributed by atoms with Gasteiger partial charge in [-0.3, -0.25) is 0 Å². The van der Waals surface area contributed by atoms with Gasteiger partial charge in [0.05, 0.1) is 19.3 Å². The molecule has 6 heteroatoms. The van der Waals surface area contributed by atoms with Crippen molar-refractivity contribution >= 4 is 17.3 Å². The largest absolute Gasteiger partial charge is 0.497 e. The quantitative estimate of drug-likeness (QED) is 0.671. The maximum Gasteiger partial charge on any atom is 0.189 e. The summed E-state index contributed by atoms with van der Waals surface area (Å²) in [6.45, 7) is 6.60. The summed E-state index contributed by atoms with van der Waals surface area (Å²) in [4.78, 5) is 8.91. The standard InChI is InChI=1S/C16H22N4OS/c1-16(2,3)20-15(17)18-9-12-10-22-14(19-12)11-5-7-13(21-4)8-6-11/h5-8,10H,9H2,1-4H3,(H3,17,18,20). The molecule has 0 aliphatic carbocycles. The van der Waals surface area contributed by atoms with Gasteiger partial charge in [-0.15, -0.1) is 11.3 Å². The molecule has 0 bridgehead atoms. The zero-order chi connectivity index (χ0) is 16.2. The summed E-state index contributed by atoms with van der Waals surface area (Å²) in [5.41, 5.74) is 7.75. The van der Waals surface area contributed by atoms with Crippen molar-refractivity contribution in [2.75, 3.05) is 7.11 Å². The number of methoxy groups -OCH3 is 1. The monoisotopic (exact) mass is 318 g/mol. The van der Waals surface area contributed by atoms with Gasteiger partial charge in [-0.05, 0) is 45.0 Å². The van der Waals surface area contributed by atoms with Crippen LogP contribution in [0.15, 0.2) is 34.6 Å². The van der Waals surface area contributed by atoms with Crippen LogP contribution in [0, 0.1) is 0 Å². The van der Waals surface area contributed by atoms with E-state index in [9.17, 15) is 0 Å². The second-order valence-corrected chi connectivity index (χ2v) is 6.81. The number of aliphatic imine (C=N–C) groups is 1. The van der Waals surface area contributed by atoms with E-state index in [2.05, 4.69) is 15.3 Å². The van der Waals surface area contributed by atoms with Crippen LogP contribution in [0.5, 0.6) is 5.75 Å². The van der Waals surface area contributed by atoms with Crippen molar-refractivity contribution in [3.05, 3.63) is 35.3 Å². The molecule has 2 aromatic rings. The van der Waals surface area contributed by atoms with E-state index in [1.807, 2.05) is 50.4 Å². The normalized spacial score (nSPS) is 12.3. The van der Waals surface area contributed by atoms with Gasteiger partial charge in [0.1, 0.15) is 10.8 Å². The van der Waals surface area contributed by atoms with E-state index in [4.69, 9.17) is 10.5 Å². The number of hydrogen-bond acceptors (Lipinski definition) is 4. The first-order valence-electron chi connectivity index (χ1n) is 7.04. The number of thiazole rings is 1. The highest BCUT2D eigenvalue weighted by Gasteiger charge is 2.10. The summed E-state index contributed by atoms with van der Waals surface area (Å²) in [6, 6.07) is 7.86. The SMILES string of the molecule is COc1ccc(-c2nc(CN=C(N)NC(C)(C)C)cs2)cc1. The van der Waals surface area contributed by atoms with Crippen molar-refractivity contribution in [1.82, 2.24) is 10.3 Å². The van der Waals surface area contributed by atoms with Crippen molar-refractivity contribution in [1.29, 1.82) is 0 Å². The van der Waals surface area contributed by atoms with E-state index in [-0.39, 0.29) is 5.54 Å². The average molecular weight is 318 g/mol. The van der Waals surface area contributed by atoms with E-state index in [1.165, 1.54) is 0 Å². The van der Waals surface area contributed by atoms with E-state index in [0.717, 1.165) is 22.0 Å². The molecule has 1 aromatic heterocycles. The maximum absolute atomic E-state index is 5.86. The van der Waals surface area contributed by atoms with Gasteiger partial charge in [0, 0.05) is 16.5 Å². The number of ether oxygens (including phenoxy) is 1. The zero-order valence-electron chi connectivity index (χ0n) is 13.4. The van der Waals surface area contributed by atoms with Gasteiger partial charge < -0.3 is 15.8 Å². The Balaban J connectivity index is 2.03. The Hall–Kier alpha value is -2.08. The molecule has 0 saturated carbocycles. The van der Waals surface area contributed by atoms with Crippen LogP contribution in [0.2, 0.25) is 0 Å². The van der Waals surface area contributed by atoms with Gasteiger partial charge in [0.15, 0.2) is 5.96 Å². The highest BCUT2D eigenvalue weighted by Crippen LogP contribution is 2.25. The number of nitrogens with zero attached hydrogens (tertiary/aromatic N) is 2. The molecule has 118 valence electrons. The number of aromatic nitrogens is 1. The summed E-state index contributed by atoms with van der Waals surface area (Å²) >= 11 is 1.60. The number of benzene rings is 1. The van der Waals surface area contributed by atoms with E-state index in [1.54, 1.807) is 18.4 Å². The smallest absolute Gasteiger partial charge is 0.189 e. The first-order chi connectivity index (χ1) is 10.4. The van der Waals surface area contributed by atoms with Gasteiger partial charge in [-0.1, -0.05) is 0 Å². The minimum atomic E-state index is -0.0933. The van der Waals surface area contributed by atoms with E-state index in [0.29, 0.717) is 12.5 Å². The van der Waals surface area contributed by atoms with Gasteiger partial charge in [-0.25, -0.2) is 9.98 Å². The Kier molecular flexibility index (Phi) is 5.03. The lowest BCUT2D eigenvalue weighted by Crippen LogP contribution is -2.44. The molecule has 22 heavy (non-hydrogen) atoms. The third kappa shape index (κ3) is 4.73. The number of hydrogen-bond donors (Lipinski definition) is 2. The van der Waals surface area contributed by atoms with Gasteiger partial charge in [0.25, 0.3) is 0 Å². The van der Waals surface area contributed by atoms with Gasteiger partial charge in [0.2, 0.25) is 0 Å². The number of nitrogens with two attached hydrogens (primary N) is 1. The topological polar surface area (TPSA) is 72.5 Å². The Bertz CT molecular complexity index is 641. The zero-order valence-corrected chi connectivity index (χ0v) is 14.2. The molecule has 0 radical (unpaired) electrons. The molecule has 0 fully saturated rings. The lowest BCUT2D eigenvalue weighted by Gasteiger charge is -2.20. The van der Waals surface area contributed by atoms with Crippen molar-refractivity contribution in [2.45, 2.75) is 32.9 Å². The predicted octanol–water partition coefficient (Wildman–Crippen LogP) is 3.02. The van der Waals surface area contributed by atoms with E-state index < -0.39 is 0 Å². The molecule has 0 amide bonds. The molecule has 1 heterocycles. The molecule has 2 rings (SSSR count). The summed E-state index contributed by atoms with van der Waals surface area (Å²) in [5.74, 6) is 1.28. The molecule has 0 unspecified atom stereocenters. The van der Waals surface area contributed by atoms with Gasteiger partial charge >= 0.3 is 0 Å². The summed E-state index contributed by atoms with van der Waals surface area (Å²) in [7, 11) is 1.66. The second-order valence-electron chi connectivity index (χ2n) is 5.95. The van der Waals surface area contributed by atoms with Crippen molar-refractivity contribution in [2.24, 2.45) is 10.7 Å². The Morgan fingerprint density at radius 3 is 2.59 bits per heavy atom. The molecule has 3 N–H and O–H groups in total. The fourth-order valence-corrected chi connectivity index (χ4v) is 2.65. The first kappa shape index (κ1) is 16.3. The number of guanidine groups is 1. The Labute approximate surface area is 135 Å². The molecular weight excluding hydrogens is 296 g/mol. The minimum Gasteiger partial charge on any atom is -0.497 e. The molecular formula is C16H22N4OS. The fraction of sp³-hybridized carbons (Fsp3) is 0.375. The Morgan fingerprint density at radius 2 is 2.00 bits per heavy atom. The third-order valence-corrected chi connectivity index (χ3v) is 3.74. The lowest BCUT2D eigenvalue weighted by atomic mass is 10.1. The van der Waals surface area contributed by atoms with Crippen LogP contribution in [0.1, 0.15) is 26.5 Å². The molecule has 0 aliphatic rings. The van der Waals surface area contributed by atoms with Crippen LogP contribution < -0.4 is 15.8 Å². The molecule has 0 atom stereocenters. The third-order valence-electron chi connectivity index (χ3n) is 2.80. The molecule has 0 saturated heterocycles.